The molecule has 1 aromatic heterocycles. The van der Waals surface area contributed by atoms with Crippen molar-refractivity contribution in [3.63, 3.8) is 0 Å². The Morgan fingerprint density at radius 1 is 1.35 bits per heavy atom. The van der Waals surface area contributed by atoms with Gasteiger partial charge in [0.2, 0.25) is 0 Å². The van der Waals surface area contributed by atoms with Gasteiger partial charge in [-0.2, -0.15) is 5.10 Å². The van der Waals surface area contributed by atoms with Gasteiger partial charge in [-0.3, -0.25) is 9.89 Å². The van der Waals surface area contributed by atoms with Crippen LogP contribution in [0.25, 0.3) is 0 Å². The van der Waals surface area contributed by atoms with Crippen molar-refractivity contribution < 1.29 is 9.53 Å². The minimum Gasteiger partial charge on any atom is -0.497 e. The molecule has 0 aliphatic rings. The quantitative estimate of drug-likeness (QED) is 0.849. The predicted octanol–water partition coefficient (Wildman–Crippen LogP) is 2.34. The van der Waals surface area contributed by atoms with Crippen LogP contribution in [0.4, 0.5) is 0 Å². The van der Waals surface area contributed by atoms with Crippen molar-refractivity contribution in [1.82, 2.24) is 15.5 Å². The molecule has 0 aliphatic carbocycles. The maximum atomic E-state index is 11.7. The summed E-state index contributed by atoms with van der Waals surface area (Å²) in [7, 11) is 1.66. The van der Waals surface area contributed by atoms with E-state index in [1.54, 1.807) is 19.4 Å². The van der Waals surface area contributed by atoms with Crippen LogP contribution in [0.15, 0.2) is 36.5 Å². The first kappa shape index (κ1) is 14.1. The van der Waals surface area contributed by atoms with Gasteiger partial charge in [0.25, 0.3) is 5.91 Å². The van der Waals surface area contributed by atoms with Gasteiger partial charge < -0.3 is 10.1 Å². The van der Waals surface area contributed by atoms with Crippen LogP contribution in [-0.4, -0.2) is 29.8 Å². The highest BCUT2D eigenvalue weighted by atomic mass is 16.5. The fourth-order valence-corrected chi connectivity index (χ4v) is 1.98. The average molecular weight is 273 g/mol. The highest BCUT2D eigenvalue weighted by molar-refractivity contribution is 5.92. The second-order valence-electron chi connectivity index (χ2n) is 4.69. The molecule has 0 radical (unpaired) electrons. The second-order valence-corrected chi connectivity index (χ2v) is 4.69. The third-order valence-corrected chi connectivity index (χ3v) is 3.29. The van der Waals surface area contributed by atoms with Gasteiger partial charge in [-0.15, -0.1) is 0 Å². The van der Waals surface area contributed by atoms with Crippen LogP contribution in [0.5, 0.6) is 5.75 Å². The molecule has 5 nitrogen and oxygen atoms in total. The summed E-state index contributed by atoms with van der Waals surface area (Å²) in [5, 5.41) is 9.27. The Bertz CT molecular complexity index is 535. The third-order valence-electron chi connectivity index (χ3n) is 3.29. The molecule has 0 fully saturated rings. The molecule has 0 saturated carbocycles. The fourth-order valence-electron chi connectivity index (χ4n) is 1.98. The van der Waals surface area contributed by atoms with Crippen LogP contribution in [-0.2, 0) is 0 Å². The van der Waals surface area contributed by atoms with Gasteiger partial charge in [0.1, 0.15) is 11.4 Å². The lowest BCUT2D eigenvalue weighted by molar-refractivity contribution is 0.0947. The number of H-pyrrole nitrogens is 1. The van der Waals surface area contributed by atoms with E-state index in [9.17, 15) is 4.79 Å². The minimum atomic E-state index is -0.121. The molecule has 0 aliphatic heterocycles. The molecule has 0 saturated heterocycles. The Hall–Kier alpha value is -2.30. The predicted molar refractivity (Wildman–Crippen MR) is 76.9 cm³/mol. The average Bonchev–Trinajstić information content (AvgIpc) is 3.01. The lowest BCUT2D eigenvalue weighted by Crippen LogP contribution is -2.25. The van der Waals surface area contributed by atoms with E-state index in [4.69, 9.17) is 4.74 Å². The van der Waals surface area contributed by atoms with E-state index < -0.39 is 0 Å². The summed E-state index contributed by atoms with van der Waals surface area (Å²) in [5.41, 5.74) is 1.73. The number of aromatic amines is 1. The van der Waals surface area contributed by atoms with Crippen molar-refractivity contribution in [1.29, 1.82) is 0 Å². The molecule has 2 rings (SSSR count). The Morgan fingerprint density at radius 2 is 2.10 bits per heavy atom. The summed E-state index contributed by atoms with van der Waals surface area (Å²) in [6, 6.07) is 9.67. The second kappa shape index (κ2) is 6.75. The Labute approximate surface area is 118 Å². The molecule has 1 amide bonds. The van der Waals surface area contributed by atoms with E-state index in [0.29, 0.717) is 18.2 Å². The zero-order valence-corrected chi connectivity index (χ0v) is 11.7. The Balaban J connectivity index is 1.79. The zero-order chi connectivity index (χ0) is 14.4. The number of aromatic nitrogens is 2. The lowest BCUT2D eigenvalue weighted by Gasteiger charge is -2.12. The molecular formula is C15H19N3O2. The highest BCUT2D eigenvalue weighted by Gasteiger charge is 2.09. The summed E-state index contributed by atoms with van der Waals surface area (Å²) in [5.74, 6) is 1.11. The minimum absolute atomic E-state index is 0.121. The van der Waals surface area contributed by atoms with Crippen LogP contribution in [0.3, 0.4) is 0 Å². The van der Waals surface area contributed by atoms with Crippen molar-refractivity contribution in [3.8, 4) is 5.75 Å². The maximum Gasteiger partial charge on any atom is 0.269 e. The van der Waals surface area contributed by atoms with E-state index in [1.165, 1.54) is 5.56 Å². The van der Waals surface area contributed by atoms with Gasteiger partial charge in [-0.05, 0) is 36.1 Å². The molecule has 2 aromatic rings. The molecular weight excluding hydrogens is 254 g/mol. The molecule has 1 atom stereocenters. The van der Waals surface area contributed by atoms with E-state index >= 15 is 0 Å². The number of amides is 1. The Morgan fingerprint density at radius 3 is 2.70 bits per heavy atom. The summed E-state index contributed by atoms with van der Waals surface area (Å²) < 4.78 is 5.14. The molecule has 1 aromatic carbocycles. The lowest BCUT2D eigenvalue weighted by atomic mass is 9.98. The Kier molecular flexibility index (Phi) is 4.76. The maximum absolute atomic E-state index is 11.7. The van der Waals surface area contributed by atoms with Gasteiger partial charge in [0.05, 0.1) is 7.11 Å². The van der Waals surface area contributed by atoms with E-state index in [2.05, 4.69) is 34.6 Å². The molecule has 106 valence electrons. The number of hydrogen-bond acceptors (Lipinski definition) is 3. The number of nitrogens with one attached hydrogen (secondary N) is 2. The number of rotatable bonds is 6. The largest absolute Gasteiger partial charge is 0.497 e. The molecule has 0 bridgehead atoms. The number of carbonyl (C=O) groups excluding carboxylic acids is 1. The normalized spacial score (nSPS) is 11.9. The van der Waals surface area contributed by atoms with Crippen LogP contribution in [0.1, 0.15) is 35.3 Å². The first-order valence-electron chi connectivity index (χ1n) is 6.62. The van der Waals surface area contributed by atoms with Crippen LogP contribution in [0.2, 0.25) is 0 Å². The molecule has 2 N–H and O–H groups in total. The topological polar surface area (TPSA) is 67.0 Å². The first-order chi connectivity index (χ1) is 9.70. The van der Waals surface area contributed by atoms with Crippen LogP contribution < -0.4 is 10.1 Å². The van der Waals surface area contributed by atoms with Gasteiger partial charge in [-0.1, -0.05) is 19.1 Å². The van der Waals surface area contributed by atoms with Crippen LogP contribution in [0, 0.1) is 0 Å². The van der Waals surface area contributed by atoms with E-state index in [1.807, 2.05) is 12.1 Å². The number of nitrogens with zero attached hydrogens (tertiary/aromatic N) is 1. The SMILES string of the molecule is COc1ccc([C@@H](C)CCNC(=O)c2ccn[nH]2)cc1. The summed E-state index contributed by atoms with van der Waals surface area (Å²) in [6.45, 7) is 2.77. The number of benzene rings is 1. The summed E-state index contributed by atoms with van der Waals surface area (Å²) >= 11 is 0. The van der Waals surface area contributed by atoms with Gasteiger partial charge in [0.15, 0.2) is 0 Å². The highest BCUT2D eigenvalue weighted by Crippen LogP contribution is 2.21. The smallest absolute Gasteiger partial charge is 0.269 e. The standard InChI is InChI=1S/C15H19N3O2/c1-11(12-3-5-13(20-2)6-4-12)7-9-16-15(19)14-8-10-17-18-14/h3-6,8,10-11H,7,9H2,1-2H3,(H,16,19)(H,17,18)/t11-/m0/s1. The van der Waals surface area contributed by atoms with Gasteiger partial charge in [-0.25, -0.2) is 0 Å². The number of methoxy groups -OCH3 is 1. The number of carbonyl (C=O) groups is 1. The van der Waals surface area contributed by atoms with Crippen molar-refractivity contribution in [3.05, 3.63) is 47.8 Å². The number of ether oxygens (including phenoxy) is 1. The van der Waals surface area contributed by atoms with Gasteiger partial charge in [0, 0.05) is 12.7 Å². The van der Waals surface area contributed by atoms with Gasteiger partial charge >= 0.3 is 0 Å². The zero-order valence-electron chi connectivity index (χ0n) is 11.7. The monoisotopic (exact) mass is 273 g/mol. The molecule has 0 spiro atoms. The first-order valence-corrected chi connectivity index (χ1v) is 6.62. The van der Waals surface area contributed by atoms with E-state index in [-0.39, 0.29) is 5.91 Å². The summed E-state index contributed by atoms with van der Waals surface area (Å²) in [4.78, 5) is 11.7. The van der Waals surface area contributed by atoms with Crippen molar-refractivity contribution in [2.24, 2.45) is 0 Å². The van der Waals surface area contributed by atoms with Crippen molar-refractivity contribution >= 4 is 5.91 Å². The van der Waals surface area contributed by atoms with Crippen molar-refractivity contribution in [2.75, 3.05) is 13.7 Å². The fraction of sp³-hybridized carbons (Fsp3) is 0.333. The third kappa shape index (κ3) is 3.60. The number of hydrogen-bond donors (Lipinski definition) is 2. The molecule has 0 unspecified atom stereocenters. The molecule has 5 heteroatoms. The summed E-state index contributed by atoms with van der Waals surface area (Å²) in [6.07, 6.45) is 2.45. The van der Waals surface area contributed by atoms with Crippen molar-refractivity contribution in [2.45, 2.75) is 19.3 Å². The molecule has 1 heterocycles. The van der Waals surface area contributed by atoms with E-state index in [0.717, 1.165) is 12.2 Å². The van der Waals surface area contributed by atoms with Crippen LogP contribution >= 0.6 is 0 Å². The molecule has 20 heavy (non-hydrogen) atoms.